The molecule has 0 bridgehead atoms. The van der Waals surface area contributed by atoms with Crippen LogP contribution in [0.2, 0.25) is 0 Å². The van der Waals surface area contributed by atoms with E-state index in [1.165, 1.54) is 25.9 Å². The number of nitrogens with zero attached hydrogens (tertiary/aromatic N) is 2. The lowest BCUT2D eigenvalue weighted by atomic mass is 9.98. The Balaban J connectivity index is 1.72. The van der Waals surface area contributed by atoms with E-state index in [0.29, 0.717) is 5.92 Å². The van der Waals surface area contributed by atoms with Crippen LogP contribution in [-0.4, -0.2) is 36.6 Å². The van der Waals surface area contributed by atoms with Crippen LogP contribution in [-0.2, 0) is 0 Å². The monoisotopic (exact) mass is 270 g/mol. The van der Waals surface area contributed by atoms with Gasteiger partial charge in [0.25, 0.3) is 0 Å². The van der Waals surface area contributed by atoms with Crippen molar-refractivity contribution in [3.8, 4) is 0 Å². The van der Waals surface area contributed by atoms with Gasteiger partial charge in [-0.1, -0.05) is 6.07 Å². The lowest BCUT2D eigenvalue weighted by Gasteiger charge is -2.30. The van der Waals surface area contributed by atoms with Gasteiger partial charge in [0, 0.05) is 36.3 Å². The molecule has 2 heterocycles. The summed E-state index contributed by atoms with van der Waals surface area (Å²) in [4.78, 5) is 6.54. The second-order valence-electron chi connectivity index (χ2n) is 5.78. The minimum atomic E-state index is 0.710. The summed E-state index contributed by atoms with van der Waals surface area (Å²) < 4.78 is 0. The van der Waals surface area contributed by atoms with Crippen LogP contribution < -0.4 is 11.1 Å². The summed E-state index contributed by atoms with van der Waals surface area (Å²) in [5.74, 6) is 0.710. The zero-order chi connectivity index (χ0) is 13.9. The molecule has 1 aliphatic heterocycles. The second-order valence-corrected chi connectivity index (χ2v) is 5.78. The van der Waals surface area contributed by atoms with Crippen molar-refractivity contribution in [2.24, 2.45) is 5.92 Å². The van der Waals surface area contributed by atoms with Crippen LogP contribution in [0.25, 0.3) is 10.8 Å². The van der Waals surface area contributed by atoms with Crippen LogP contribution in [0.3, 0.4) is 0 Å². The smallest absolute Gasteiger partial charge is 0.0630 e. The van der Waals surface area contributed by atoms with E-state index < -0.39 is 0 Å². The third-order valence-corrected chi connectivity index (χ3v) is 4.17. The number of anilines is 2. The van der Waals surface area contributed by atoms with Crippen LogP contribution in [0.1, 0.15) is 12.8 Å². The summed E-state index contributed by atoms with van der Waals surface area (Å²) in [7, 11) is 2.20. The number of aromatic nitrogens is 1. The van der Waals surface area contributed by atoms with Crippen molar-refractivity contribution < 1.29 is 0 Å². The van der Waals surface area contributed by atoms with Gasteiger partial charge in [-0.25, -0.2) is 0 Å². The van der Waals surface area contributed by atoms with Gasteiger partial charge in [-0.3, -0.25) is 4.98 Å². The first-order valence-corrected chi connectivity index (χ1v) is 7.28. The van der Waals surface area contributed by atoms with Gasteiger partial charge in [-0.2, -0.15) is 0 Å². The average Bonchev–Trinajstić information content (AvgIpc) is 2.47. The summed E-state index contributed by atoms with van der Waals surface area (Å²) in [5.41, 5.74) is 8.13. The molecule has 4 heteroatoms. The number of pyridine rings is 1. The molecule has 1 atom stereocenters. The third kappa shape index (κ3) is 2.70. The SMILES string of the molecule is CN1CCCC(CNc2ccc3cnccc3c2N)C1. The van der Waals surface area contributed by atoms with Crippen molar-refractivity contribution >= 4 is 22.1 Å². The van der Waals surface area contributed by atoms with E-state index in [1.54, 1.807) is 6.20 Å². The Morgan fingerprint density at radius 1 is 1.40 bits per heavy atom. The predicted molar refractivity (Wildman–Crippen MR) is 84.9 cm³/mol. The highest BCUT2D eigenvalue weighted by Crippen LogP contribution is 2.28. The lowest BCUT2D eigenvalue weighted by Crippen LogP contribution is -2.35. The number of piperidine rings is 1. The first-order valence-electron chi connectivity index (χ1n) is 7.28. The summed E-state index contributed by atoms with van der Waals surface area (Å²) in [6.07, 6.45) is 6.24. The fourth-order valence-corrected chi connectivity index (χ4v) is 3.04. The van der Waals surface area contributed by atoms with Crippen molar-refractivity contribution in [3.05, 3.63) is 30.6 Å². The molecule has 1 saturated heterocycles. The molecule has 1 fully saturated rings. The molecule has 1 aromatic carbocycles. The van der Waals surface area contributed by atoms with E-state index in [4.69, 9.17) is 5.73 Å². The largest absolute Gasteiger partial charge is 0.397 e. The standard InChI is InChI=1S/C16H22N4/c1-20-8-2-3-12(11-20)9-19-15-5-4-13-10-18-7-6-14(13)16(15)17/h4-7,10,12,19H,2-3,8-9,11,17H2,1H3. The Morgan fingerprint density at radius 3 is 3.15 bits per heavy atom. The average molecular weight is 270 g/mol. The number of hydrogen-bond acceptors (Lipinski definition) is 4. The topological polar surface area (TPSA) is 54.2 Å². The van der Waals surface area contributed by atoms with Gasteiger partial charge >= 0.3 is 0 Å². The van der Waals surface area contributed by atoms with Crippen LogP contribution in [0, 0.1) is 5.92 Å². The maximum atomic E-state index is 6.26. The summed E-state index contributed by atoms with van der Waals surface area (Å²) >= 11 is 0. The number of hydrogen-bond donors (Lipinski definition) is 2. The normalized spacial score (nSPS) is 20.1. The molecular weight excluding hydrogens is 248 g/mol. The van der Waals surface area contributed by atoms with Gasteiger partial charge in [0.2, 0.25) is 0 Å². The molecule has 0 amide bonds. The molecule has 3 N–H and O–H groups in total. The molecule has 0 spiro atoms. The molecule has 106 valence electrons. The lowest BCUT2D eigenvalue weighted by molar-refractivity contribution is 0.217. The number of nitrogens with one attached hydrogen (secondary N) is 1. The van der Waals surface area contributed by atoms with Crippen molar-refractivity contribution in [2.75, 3.05) is 37.7 Å². The molecular formula is C16H22N4. The molecule has 2 aromatic rings. The molecule has 20 heavy (non-hydrogen) atoms. The van der Waals surface area contributed by atoms with Crippen LogP contribution in [0.5, 0.6) is 0 Å². The molecule has 0 saturated carbocycles. The Kier molecular flexibility index (Phi) is 3.74. The highest BCUT2D eigenvalue weighted by molar-refractivity contribution is 5.98. The van der Waals surface area contributed by atoms with Crippen LogP contribution in [0.4, 0.5) is 11.4 Å². The van der Waals surface area contributed by atoms with Crippen LogP contribution in [0.15, 0.2) is 30.6 Å². The van der Waals surface area contributed by atoms with E-state index in [-0.39, 0.29) is 0 Å². The maximum Gasteiger partial charge on any atom is 0.0630 e. The van der Waals surface area contributed by atoms with Crippen molar-refractivity contribution in [1.29, 1.82) is 0 Å². The quantitative estimate of drug-likeness (QED) is 0.842. The molecule has 0 radical (unpaired) electrons. The second kappa shape index (κ2) is 5.67. The Bertz CT molecular complexity index is 596. The van der Waals surface area contributed by atoms with Gasteiger partial charge in [-0.15, -0.1) is 0 Å². The molecule has 1 unspecified atom stereocenters. The summed E-state index contributed by atoms with van der Waals surface area (Å²) in [6, 6.07) is 6.12. The minimum absolute atomic E-state index is 0.710. The number of nitrogen functional groups attached to an aromatic ring is 1. The van der Waals surface area contributed by atoms with E-state index >= 15 is 0 Å². The van der Waals surface area contributed by atoms with Gasteiger partial charge in [0.05, 0.1) is 11.4 Å². The zero-order valence-electron chi connectivity index (χ0n) is 12.0. The molecule has 0 aliphatic carbocycles. The number of likely N-dealkylation sites (tertiary alicyclic amines) is 1. The zero-order valence-corrected chi connectivity index (χ0v) is 12.0. The van der Waals surface area contributed by atoms with Crippen molar-refractivity contribution in [1.82, 2.24) is 9.88 Å². The molecule has 1 aliphatic rings. The fourth-order valence-electron chi connectivity index (χ4n) is 3.04. The number of fused-ring (bicyclic) bond motifs is 1. The first kappa shape index (κ1) is 13.2. The van der Waals surface area contributed by atoms with E-state index in [0.717, 1.165) is 28.7 Å². The Hall–Kier alpha value is -1.81. The minimum Gasteiger partial charge on any atom is -0.397 e. The number of rotatable bonds is 3. The first-order chi connectivity index (χ1) is 9.74. The molecule has 1 aromatic heterocycles. The van der Waals surface area contributed by atoms with Crippen LogP contribution >= 0.6 is 0 Å². The highest BCUT2D eigenvalue weighted by atomic mass is 15.1. The fraction of sp³-hybridized carbons (Fsp3) is 0.438. The van der Waals surface area contributed by atoms with Gasteiger partial charge in [-0.05, 0) is 44.5 Å². The summed E-state index contributed by atoms with van der Waals surface area (Å²) in [6.45, 7) is 3.39. The van der Waals surface area contributed by atoms with Crippen molar-refractivity contribution in [3.63, 3.8) is 0 Å². The Morgan fingerprint density at radius 2 is 2.30 bits per heavy atom. The number of benzene rings is 1. The Labute approximate surface area is 120 Å². The molecule has 3 rings (SSSR count). The molecule has 4 nitrogen and oxygen atoms in total. The van der Waals surface area contributed by atoms with Crippen molar-refractivity contribution in [2.45, 2.75) is 12.8 Å². The van der Waals surface area contributed by atoms with Gasteiger partial charge in [0.15, 0.2) is 0 Å². The van der Waals surface area contributed by atoms with Gasteiger partial charge in [0.1, 0.15) is 0 Å². The third-order valence-electron chi connectivity index (χ3n) is 4.17. The highest BCUT2D eigenvalue weighted by Gasteiger charge is 2.17. The maximum absolute atomic E-state index is 6.26. The van der Waals surface area contributed by atoms with E-state index in [2.05, 4.69) is 34.4 Å². The predicted octanol–water partition coefficient (Wildman–Crippen LogP) is 2.57. The van der Waals surface area contributed by atoms with E-state index in [9.17, 15) is 0 Å². The number of nitrogens with two attached hydrogens (primary N) is 1. The summed E-state index contributed by atoms with van der Waals surface area (Å²) in [5, 5.41) is 5.69. The van der Waals surface area contributed by atoms with E-state index in [1.807, 2.05) is 12.3 Å². The van der Waals surface area contributed by atoms with Gasteiger partial charge < -0.3 is 16.0 Å².